The van der Waals surface area contributed by atoms with Crippen molar-refractivity contribution < 1.29 is 4.74 Å². The third kappa shape index (κ3) is 4.02. The molecular formula is C20H22N2OS. The summed E-state index contributed by atoms with van der Waals surface area (Å²) in [5.74, 6) is 0.862. The largest absolute Gasteiger partial charge is 0.497 e. The minimum Gasteiger partial charge on any atom is -0.497 e. The molecule has 0 fully saturated rings. The molecule has 0 bridgehead atoms. The van der Waals surface area contributed by atoms with E-state index in [1.54, 1.807) is 18.4 Å². The predicted octanol–water partition coefficient (Wildman–Crippen LogP) is 4.76. The Labute approximate surface area is 147 Å². The Balaban J connectivity index is 1.68. The second kappa shape index (κ2) is 7.60. The standard InChI is InChI=1S/C20H22N2OS/c1-15-7-4-5-8-17(15)12-22(2)13-18-14-24-20(21-18)16-9-6-10-19(11-16)23-3/h4-11,14H,12-13H2,1-3H3. The minimum atomic E-state index is 0.842. The molecule has 3 nitrogen and oxygen atoms in total. The van der Waals surface area contributed by atoms with Crippen molar-refractivity contribution >= 4 is 11.3 Å². The van der Waals surface area contributed by atoms with E-state index in [0.717, 1.165) is 35.1 Å². The fraction of sp³-hybridized carbons (Fsp3) is 0.250. The maximum atomic E-state index is 5.29. The summed E-state index contributed by atoms with van der Waals surface area (Å²) in [6.07, 6.45) is 0. The molecule has 0 N–H and O–H groups in total. The van der Waals surface area contributed by atoms with E-state index in [4.69, 9.17) is 9.72 Å². The van der Waals surface area contributed by atoms with Gasteiger partial charge in [-0.05, 0) is 37.2 Å². The summed E-state index contributed by atoms with van der Waals surface area (Å²) in [6.45, 7) is 3.93. The van der Waals surface area contributed by atoms with Crippen molar-refractivity contribution in [3.63, 3.8) is 0 Å². The molecule has 0 aliphatic rings. The predicted molar refractivity (Wildman–Crippen MR) is 100 cm³/mol. The highest BCUT2D eigenvalue weighted by Gasteiger charge is 2.09. The van der Waals surface area contributed by atoms with Gasteiger partial charge >= 0.3 is 0 Å². The summed E-state index contributed by atoms with van der Waals surface area (Å²) in [7, 11) is 3.82. The highest BCUT2D eigenvalue weighted by Crippen LogP contribution is 2.27. The fourth-order valence-electron chi connectivity index (χ4n) is 2.68. The van der Waals surface area contributed by atoms with Crippen LogP contribution >= 0.6 is 11.3 Å². The average molecular weight is 338 g/mol. The van der Waals surface area contributed by atoms with E-state index in [1.807, 2.05) is 18.2 Å². The van der Waals surface area contributed by atoms with Crippen LogP contribution in [0.2, 0.25) is 0 Å². The molecule has 1 heterocycles. The van der Waals surface area contributed by atoms with Crippen molar-refractivity contribution in [2.45, 2.75) is 20.0 Å². The van der Waals surface area contributed by atoms with E-state index >= 15 is 0 Å². The highest BCUT2D eigenvalue weighted by molar-refractivity contribution is 7.13. The first-order valence-electron chi connectivity index (χ1n) is 7.97. The Morgan fingerprint density at radius 2 is 1.92 bits per heavy atom. The number of aromatic nitrogens is 1. The van der Waals surface area contributed by atoms with E-state index in [9.17, 15) is 0 Å². The monoisotopic (exact) mass is 338 g/mol. The van der Waals surface area contributed by atoms with Crippen LogP contribution in [0.25, 0.3) is 10.6 Å². The summed E-state index contributed by atoms with van der Waals surface area (Å²) < 4.78 is 5.29. The number of hydrogen-bond donors (Lipinski definition) is 0. The molecule has 24 heavy (non-hydrogen) atoms. The van der Waals surface area contributed by atoms with Crippen LogP contribution in [0.5, 0.6) is 5.75 Å². The van der Waals surface area contributed by atoms with Crippen LogP contribution in [0, 0.1) is 6.92 Å². The topological polar surface area (TPSA) is 25.4 Å². The van der Waals surface area contributed by atoms with Gasteiger partial charge in [0.25, 0.3) is 0 Å². The van der Waals surface area contributed by atoms with Gasteiger partial charge in [0.05, 0.1) is 12.8 Å². The van der Waals surface area contributed by atoms with Crippen LogP contribution in [0.15, 0.2) is 53.9 Å². The summed E-state index contributed by atoms with van der Waals surface area (Å²) >= 11 is 1.68. The second-order valence-corrected chi connectivity index (χ2v) is 6.83. The van der Waals surface area contributed by atoms with E-state index in [1.165, 1.54) is 11.1 Å². The first-order chi connectivity index (χ1) is 11.7. The molecule has 0 unspecified atom stereocenters. The van der Waals surface area contributed by atoms with Crippen LogP contribution in [-0.2, 0) is 13.1 Å². The molecule has 4 heteroatoms. The zero-order valence-electron chi connectivity index (χ0n) is 14.3. The molecular weight excluding hydrogens is 316 g/mol. The Bertz CT molecular complexity index is 813. The first-order valence-corrected chi connectivity index (χ1v) is 8.85. The number of rotatable bonds is 6. The number of benzene rings is 2. The zero-order chi connectivity index (χ0) is 16.9. The third-order valence-electron chi connectivity index (χ3n) is 4.00. The molecule has 0 aliphatic carbocycles. The van der Waals surface area contributed by atoms with Gasteiger partial charge in [-0.3, -0.25) is 4.90 Å². The van der Waals surface area contributed by atoms with E-state index < -0.39 is 0 Å². The zero-order valence-corrected chi connectivity index (χ0v) is 15.1. The quantitative estimate of drug-likeness (QED) is 0.648. The number of nitrogens with zero attached hydrogens (tertiary/aromatic N) is 2. The second-order valence-electron chi connectivity index (χ2n) is 5.97. The molecule has 0 spiro atoms. The van der Waals surface area contributed by atoms with Crippen LogP contribution in [-0.4, -0.2) is 24.0 Å². The van der Waals surface area contributed by atoms with Crippen molar-refractivity contribution in [1.82, 2.24) is 9.88 Å². The van der Waals surface area contributed by atoms with Gasteiger partial charge in [-0.2, -0.15) is 0 Å². The third-order valence-corrected chi connectivity index (χ3v) is 4.94. The highest BCUT2D eigenvalue weighted by atomic mass is 32.1. The summed E-state index contributed by atoms with van der Waals surface area (Å²) in [4.78, 5) is 7.08. The Kier molecular flexibility index (Phi) is 5.28. The molecule has 1 aromatic heterocycles. The van der Waals surface area contributed by atoms with Crippen molar-refractivity contribution in [3.8, 4) is 16.3 Å². The van der Waals surface area contributed by atoms with Crippen molar-refractivity contribution in [1.29, 1.82) is 0 Å². The van der Waals surface area contributed by atoms with Gasteiger partial charge in [0.1, 0.15) is 10.8 Å². The molecule has 3 rings (SSSR count). The number of ether oxygens (including phenoxy) is 1. The van der Waals surface area contributed by atoms with Crippen LogP contribution in [0.3, 0.4) is 0 Å². The molecule has 0 aliphatic heterocycles. The van der Waals surface area contributed by atoms with Gasteiger partial charge in [0.2, 0.25) is 0 Å². The smallest absolute Gasteiger partial charge is 0.123 e. The van der Waals surface area contributed by atoms with Crippen molar-refractivity contribution in [3.05, 3.63) is 70.7 Å². The number of hydrogen-bond acceptors (Lipinski definition) is 4. The van der Waals surface area contributed by atoms with Crippen LogP contribution < -0.4 is 4.74 Å². The van der Waals surface area contributed by atoms with E-state index in [-0.39, 0.29) is 0 Å². The van der Waals surface area contributed by atoms with Gasteiger partial charge < -0.3 is 4.74 Å². The van der Waals surface area contributed by atoms with Gasteiger partial charge in [0, 0.05) is 24.0 Å². The Hall–Kier alpha value is -2.17. The lowest BCUT2D eigenvalue weighted by atomic mass is 10.1. The van der Waals surface area contributed by atoms with Gasteiger partial charge in [-0.1, -0.05) is 36.4 Å². The fourth-order valence-corrected chi connectivity index (χ4v) is 3.49. The molecule has 0 amide bonds. The van der Waals surface area contributed by atoms with E-state index in [0.29, 0.717) is 0 Å². The summed E-state index contributed by atoms with van der Waals surface area (Å²) in [5, 5.41) is 3.18. The average Bonchev–Trinajstić information content (AvgIpc) is 3.05. The normalized spacial score (nSPS) is 11.0. The minimum absolute atomic E-state index is 0.842. The van der Waals surface area contributed by atoms with Crippen LogP contribution in [0.4, 0.5) is 0 Å². The molecule has 2 aromatic carbocycles. The number of methoxy groups -OCH3 is 1. The maximum Gasteiger partial charge on any atom is 0.123 e. The van der Waals surface area contributed by atoms with Crippen molar-refractivity contribution in [2.24, 2.45) is 0 Å². The number of thiazole rings is 1. The maximum absolute atomic E-state index is 5.29. The van der Waals surface area contributed by atoms with E-state index in [2.05, 4.69) is 54.6 Å². The molecule has 0 atom stereocenters. The summed E-state index contributed by atoms with van der Waals surface area (Å²) in [6, 6.07) is 16.6. The molecule has 124 valence electrons. The molecule has 0 radical (unpaired) electrons. The van der Waals surface area contributed by atoms with Crippen LogP contribution in [0.1, 0.15) is 16.8 Å². The number of aryl methyl sites for hydroxylation is 1. The van der Waals surface area contributed by atoms with Gasteiger partial charge in [0.15, 0.2) is 0 Å². The molecule has 0 saturated heterocycles. The first kappa shape index (κ1) is 16.7. The Morgan fingerprint density at radius 3 is 2.71 bits per heavy atom. The lowest BCUT2D eigenvalue weighted by molar-refractivity contribution is 0.315. The van der Waals surface area contributed by atoms with Gasteiger partial charge in [-0.15, -0.1) is 11.3 Å². The SMILES string of the molecule is COc1cccc(-c2nc(CN(C)Cc3ccccc3C)cs2)c1. The molecule has 0 saturated carbocycles. The lowest BCUT2D eigenvalue weighted by Gasteiger charge is -2.16. The lowest BCUT2D eigenvalue weighted by Crippen LogP contribution is -2.18. The van der Waals surface area contributed by atoms with Crippen molar-refractivity contribution in [2.75, 3.05) is 14.2 Å². The Morgan fingerprint density at radius 1 is 1.08 bits per heavy atom. The summed E-state index contributed by atoms with van der Waals surface area (Å²) in [5.41, 5.74) is 4.91. The molecule has 3 aromatic rings. The van der Waals surface area contributed by atoms with Gasteiger partial charge in [-0.25, -0.2) is 4.98 Å².